The highest BCUT2D eigenvalue weighted by molar-refractivity contribution is 5.63. The van der Waals surface area contributed by atoms with Crippen molar-refractivity contribution in [3.05, 3.63) is 41.6 Å². The molecular weight excluding hydrogens is 260 g/mol. The first kappa shape index (κ1) is 14.7. The van der Waals surface area contributed by atoms with Crippen LogP contribution in [-0.4, -0.2) is 28.7 Å². The van der Waals surface area contributed by atoms with Gasteiger partial charge in [-0.3, -0.25) is 5.10 Å². The SMILES string of the molecule is CCCCN(C)Cc1cn[nH]c1-c1ccc(F)cc1F. The van der Waals surface area contributed by atoms with Gasteiger partial charge >= 0.3 is 0 Å². The second-order valence-corrected chi connectivity index (χ2v) is 4.99. The number of nitrogens with one attached hydrogen (secondary N) is 1. The number of benzene rings is 1. The van der Waals surface area contributed by atoms with E-state index in [9.17, 15) is 8.78 Å². The molecule has 0 saturated carbocycles. The van der Waals surface area contributed by atoms with Crippen LogP contribution in [0.5, 0.6) is 0 Å². The molecule has 0 radical (unpaired) electrons. The van der Waals surface area contributed by atoms with Crippen LogP contribution in [0.1, 0.15) is 25.3 Å². The lowest BCUT2D eigenvalue weighted by atomic mass is 10.1. The molecule has 2 rings (SSSR count). The van der Waals surface area contributed by atoms with Crippen molar-refractivity contribution in [3.63, 3.8) is 0 Å². The van der Waals surface area contributed by atoms with E-state index in [1.165, 1.54) is 12.1 Å². The lowest BCUT2D eigenvalue weighted by Crippen LogP contribution is -2.19. The number of hydrogen-bond acceptors (Lipinski definition) is 2. The lowest BCUT2D eigenvalue weighted by Gasteiger charge is -2.16. The molecule has 0 atom stereocenters. The first-order valence-corrected chi connectivity index (χ1v) is 6.78. The Morgan fingerprint density at radius 3 is 2.80 bits per heavy atom. The highest BCUT2D eigenvalue weighted by Gasteiger charge is 2.14. The minimum Gasteiger partial charge on any atom is -0.302 e. The van der Waals surface area contributed by atoms with Gasteiger partial charge in [-0.25, -0.2) is 8.78 Å². The smallest absolute Gasteiger partial charge is 0.135 e. The summed E-state index contributed by atoms with van der Waals surface area (Å²) in [7, 11) is 2.02. The molecule has 1 heterocycles. The van der Waals surface area contributed by atoms with E-state index in [4.69, 9.17) is 0 Å². The molecule has 1 aromatic heterocycles. The maximum absolute atomic E-state index is 13.8. The Balaban J connectivity index is 2.20. The van der Waals surface area contributed by atoms with Crippen LogP contribution in [0.3, 0.4) is 0 Å². The number of aromatic amines is 1. The monoisotopic (exact) mass is 279 g/mol. The Morgan fingerprint density at radius 2 is 2.10 bits per heavy atom. The summed E-state index contributed by atoms with van der Waals surface area (Å²) >= 11 is 0. The molecule has 0 aliphatic rings. The number of nitrogens with zero attached hydrogens (tertiary/aromatic N) is 2. The molecule has 0 saturated heterocycles. The van der Waals surface area contributed by atoms with Gasteiger partial charge < -0.3 is 4.90 Å². The topological polar surface area (TPSA) is 31.9 Å². The summed E-state index contributed by atoms with van der Waals surface area (Å²) < 4.78 is 26.8. The van der Waals surface area contributed by atoms with E-state index in [1.807, 2.05) is 7.05 Å². The van der Waals surface area contributed by atoms with E-state index in [-0.39, 0.29) is 0 Å². The Labute approximate surface area is 117 Å². The quantitative estimate of drug-likeness (QED) is 0.876. The number of aromatic nitrogens is 2. The van der Waals surface area contributed by atoms with Crippen molar-refractivity contribution >= 4 is 0 Å². The van der Waals surface area contributed by atoms with Crippen molar-refractivity contribution in [3.8, 4) is 11.3 Å². The number of halogens is 2. The van der Waals surface area contributed by atoms with Gasteiger partial charge in [0.05, 0.1) is 11.9 Å². The lowest BCUT2D eigenvalue weighted by molar-refractivity contribution is 0.321. The predicted molar refractivity (Wildman–Crippen MR) is 75.2 cm³/mol. The Morgan fingerprint density at radius 1 is 1.30 bits per heavy atom. The summed E-state index contributed by atoms with van der Waals surface area (Å²) in [6.45, 7) is 3.81. The first-order valence-electron chi connectivity index (χ1n) is 6.78. The molecule has 20 heavy (non-hydrogen) atoms. The van der Waals surface area contributed by atoms with E-state index < -0.39 is 11.6 Å². The molecule has 0 bridgehead atoms. The van der Waals surface area contributed by atoms with Crippen LogP contribution in [0.25, 0.3) is 11.3 Å². The average Bonchev–Trinajstić information content (AvgIpc) is 2.84. The number of rotatable bonds is 6. The van der Waals surface area contributed by atoms with E-state index in [0.29, 0.717) is 17.8 Å². The summed E-state index contributed by atoms with van der Waals surface area (Å²) in [6, 6.07) is 3.58. The van der Waals surface area contributed by atoms with Crippen molar-refractivity contribution in [2.45, 2.75) is 26.3 Å². The van der Waals surface area contributed by atoms with Gasteiger partial charge in [0.25, 0.3) is 0 Å². The van der Waals surface area contributed by atoms with Gasteiger partial charge in [0.2, 0.25) is 0 Å². The zero-order chi connectivity index (χ0) is 14.5. The van der Waals surface area contributed by atoms with Crippen LogP contribution in [0.2, 0.25) is 0 Å². The molecule has 0 aliphatic carbocycles. The third-order valence-electron chi connectivity index (χ3n) is 3.25. The highest BCUT2D eigenvalue weighted by Crippen LogP contribution is 2.25. The highest BCUT2D eigenvalue weighted by atomic mass is 19.1. The molecule has 0 amide bonds. The van der Waals surface area contributed by atoms with E-state index in [1.54, 1.807) is 6.20 Å². The molecule has 0 aliphatic heterocycles. The van der Waals surface area contributed by atoms with Crippen molar-refractivity contribution in [2.24, 2.45) is 0 Å². The Kier molecular flexibility index (Phi) is 4.84. The zero-order valence-corrected chi connectivity index (χ0v) is 11.8. The summed E-state index contributed by atoms with van der Waals surface area (Å²) in [5, 5.41) is 6.79. The Bertz CT molecular complexity index is 566. The maximum Gasteiger partial charge on any atom is 0.135 e. The third kappa shape index (κ3) is 3.42. The first-order chi connectivity index (χ1) is 9.61. The fraction of sp³-hybridized carbons (Fsp3) is 0.400. The van der Waals surface area contributed by atoms with E-state index >= 15 is 0 Å². The molecular formula is C15H19F2N3. The minimum atomic E-state index is -0.577. The predicted octanol–water partition coefficient (Wildman–Crippen LogP) is 3.59. The largest absolute Gasteiger partial charge is 0.302 e. The third-order valence-corrected chi connectivity index (χ3v) is 3.25. The molecule has 2 aromatic rings. The van der Waals surface area contributed by atoms with Crippen LogP contribution >= 0.6 is 0 Å². The number of unbranched alkanes of at least 4 members (excludes halogenated alkanes) is 1. The van der Waals surface area contributed by atoms with Crippen LogP contribution < -0.4 is 0 Å². The van der Waals surface area contributed by atoms with Gasteiger partial charge in [-0.05, 0) is 32.1 Å². The van der Waals surface area contributed by atoms with Crippen molar-refractivity contribution < 1.29 is 8.78 Å². The van der Waals surface area contributed by atoms with Gasteiger partial charge in [-0.15, -0.1) is 0 Å². The molecule has 0 spiro atoms. The van der Waals surface area contributed by atoms with Gasteiger partial charge in [-0.1, -0.05) is 13.3 Å². The fourth-order valence-corrected chi connectivity index (χ4v) is 2.15. The Hall–Kier alpha value is -1.75. The molecule has 3 nitrogen and oxygen atoms in total. The molecule has 5 heteroatoms. The summed E-state index contributed by atoms with van der Waals surface area (Å²) in [5.41, 5.74) is 1.88. The van der Waals surface area contributed by atoms with Crippen molar-refractivity contribution in [2.75, 3.05) is 13.6 Å². The van der Waals surface area contributed by atoms with Crippen molar-refractivity contribution in [1.82, 2.24) is 15.1 Å². The number of hydrogen-bond donors (Lipinski definition) is 1. The molecule has 1 aromatic carbocycles. The van der Waals surface area contributed by atoms with Gasteiger partial charge in [0.15, 0.2) is 0 Å². The molecule has 108 valence electrons. The van der Waals surface area contributed by atoms with E-state index in [0.717, 1.165) is 31.0 Å². The molecule has 1 N–H and O–H groups in total. The van der Waals surface area contributed by atoms with E-state index in [2.05, 4.69) is 22.0 Å². The summed E-state index contributed by atoms with van der Waals surface area (Å²) in [4.78, 5) is 2.17. The standard InChI is InChI=1S/C15H19F2N3/c1-3-4-7-20(2)10-11-9-18-19-15(11)13-6-5-12(16)8-14(13)17/h5-6,8-9H,3-4,7,10H2,1-2H3,(H,18,19). The summed E-state index contributed by atoms with van der Waals surface area (Å²) in [6.07, 6.45) is 3.95. The minimum absolute atomic E-state index is 0.350. The second-order valence-electron chi connectivity index (χ2n) is 4.99. The maximum atomic E-state index is 13.8. The van der Waals surface area contributed by atoms with Gasteiger partial charge in [-0.2, -0.15) is 5.10 Å². The van der Waals surface area contributed by atoms with Crippen LogP contribution in [0.4, 0.5) is 8.78 Å². The normalized spacial score (nSPS) is 11.2. The van der Waals surface area contributed by atoms with Crippen molar-refractivity contribution in [1.29, 1.82) is 0 Å². The fourth-order valence-electron chi connectivity index (χ4n) is 2.15. The van der Waals surface area contributed by atoms with Crippen LogP contribution in [-0.2, 0) is 6.54 Å². The van der Waals surface area contributed by atoms with Gasteiger partial charge in [0.1, 0.15) is 11.6 Å². The summed E-state index contributed by atoms with van der Waals surface area (Å²) in [5.74, 6) is -1.15. The molecule has 0 fully saturated rings. The second kappa shape index (κ2) is 6.61. The molecule has 0 unspecified atom stereocenters. The van der Waals surface area contributed by atoms with Crippen LogP contribution in [0, 0.1) is 11.6 Å². The number of H-pyrrole nitrogens is 1. The zero-order valence-electron chi connectivity index (χ0n) is 11.8. The van der Waals surface area contributed by atoms with Gasteiger partial charge in [0, 0.05) is 23.7 Å². The van der Waals surface area contributed by atoms with Crippen LogP contribution in [0.15, 0.2) is 24.4 Å². The average molecular weight is 279 g/mol.